The molecule has 0 aliphatic heterocycles. The minimum Gasteiger partial charge on any atom is -0.395 e. The van der Waals surface area contributed by atoms with Crippen molar-refractivity contribution < 1.29 is 13.9 Å². The largest absolute Gasteiger partial charge is 0.395 e. The molecule has 0 bridgehead atoms. The minimum atomic E-state index is -0.448. The first-order valence-electron chi connectivity index (χ1n) is 6.00. The van der Waals surface area contributed by atoms with Crippen molar-refractivity contribution >= 4 is 0 Å². The molecule has 1 aromatic carbocycles. The van der Waals surface area contributed by atoms with Gasteiger partial charge in [0, 0.05) is 18.2 Å². The van der Waals surface area contributed by atoms with Crippen LogP contribution in [0.3, 0.4) is 0 Å². The third kappa shape index (κ3) is 3.75. The average Bonchev–Trinajstić information content (AvgIpc) is 2.22. The van der Waals surface area contributed by atoms with E-state index in [4.69, 9.17) is 0 Å². The van der Waals surface area contributed by atoms with Crippen LogP contribution in [-0.2, 0) is 6.54 Å². The summed E-state index contributed by atoms with van der Waals surface area (Å²) in [5.74, 6) is -0.870. The molecule has 102 valence electrons. The smallest absolute Gasteiger partial charge is 0.127 e. The van der Waals surface area contributed by atoms with E-state index in [2.05, 4.69) is 0 Å². The van der Waals surface area contributed by atoms with Crippen LogP contribution >= 0.6 is 0 Å². The second kappa shape index (κ2) is 5.76. The fourth-order valence-corrected chi connectivity index (χ4v) is 2.12. The molecule has 2 nitrogen and oxygen atoms in total. The van der Waals surface area contributed by atoms with E-state index < -0.39 is 11.6 Å². The van der Waals surface area contributed by atoms with Gasteiger partial charge in [-0.15, -0.1) is 0 Å². The maximum atomic E-state index is 13.5. The maximum Gasteiger partial charge on any atom is 0.127 e. The van der Waals surface area contributed by atoms with Crippen molar-refractivity contribution in [3.63, 3.8) is 0 Å². The molecule has 0 saturated carbocycles. The normalized spacial score (nSPS) is 14.0. The van der Waals surface area contributed by atoms with Crippen molar-refractivity contribution in [2.75, 3.05) is 13.7 Å². The zero-order chi connectivity index (χ0) is 13.9. The lowest BCUT2D eigenvalue weighted by molar-refractivity contribution is 0.0607. The summed E-state index contributed by atoms with van der Waals surface area (Å²) in [6, 6.07) is 3.32. The Bertz CT molecular complexity index is 401. The summed E-state index contributed by atoms with van der Waals surface area (Å²) in [5, 5.41) is 9.42. The molecule has 18 heavy (non-hydrogen) atoms. The highest BCUT2D eigenvalue weighted by atomic mass is 19.1. The van der Waals surface area contributed by atoms with Gasteiger partial charge in [-0.3, -0.25) is 4.90 Å². The molecule has 0 amide bonds. The van der Waals surface area contributed by atoms with E-state index in [0.29, 0.717) is 5.56 Å². The summed E-state index contributed by atoms with van der Waals surface area (Å²) in [6.45, 7) is 6.27. The van der Waals surface area contributed by atoms with Crippen molar-refractivity contribution in [1.82, 2.24) is 4.90 Å². The van der Waals surface area contributed by atoms with E-state index in [0.717, 1.165) is 12.1 Å². The molecule has 1 rings (SSSR count). The van der Waals surface area contributed by atoms with Gasteiger partial charge in [-0.25, -0.2) is 8.78 Å². The van der Waals surface area contributed by atoms with E-state index in [1.165, 1.54) is 6.07 Å². The van der Waals surface area contributed by atoms with Gasteiger partial charge < -0.3 is 5.11 Å². The van der Waals surface area contributed by atoms with Gasteiger partial charge >= 0.3 is 0 Å². The molecule has 0 radical (unpaired) electrons. The molecule has 0 fully saturated rings. The minimum absolute atomic E-state index is 0.0169. The molecule has 0 spiro atoms. The van der Waals surface area contributed by atoms with E-state index in [-0.39, 0.29) is 24.6 Å². The molecular formula is C14H21F2NO. The van der Waals surface area contributed by atoms with Crippen molar-refractivity contribution in [3.05, 3.63) is 35.4 Å². The summed E-state index contributed by atoms with van der Waals surface area (Å²) in [6.07, 6.45) is 0. The van der Waals surface area contributed by atoms with E-state index in [9.17, 15) is 13.9 Å². The molecule has 1 aromatic rings. The Morgan fingerprint density at radius 1 is 1.28 bits per heavy atom. The summed E-state index contributed by atoms with van der Waals surface area (Å²) >= 11 is 0. The molecule has 0 aliphatic carbocycles. The van der Waals surface area contributed by atoms with Crippen molar-refractivity contribution in [2.45, 2.75) is 33.4 Å². The van der Waals surface area contributed by atoms with Gasteiger partial charge in [0.25, 0.3) is 0 Å². The van der Waals surface area contributed by atoms with E-state index >= 15 is 0 Å². The van der Waals surface area contributed by atoms with Crippen LogP contribution in [0, 0.1) is 17.0 Å². The molecular weight excluding hydrogens is 236 g/mol. The Morgan fingerprint density at radius 3 is 2.39 bits per heavy atom. The van der Waals surface area contributed by atoms with Crippen molar-refractivity contribution in [1.29, 1.82) is 0 Å². The summed E-state index contributed by atoms with van der Waals surface area (Å²) in [5.41, 5.74) is 0.174. The molecule has 0 aromatic heterocycles. The lowest BCUT2D eigenvalue weighted by Gasteiger charge is -2.36. The molecule has 1 atom stereocenters. The zero-order valence-corrected chi connectivity index (χ0v) is 11.4. The molecule has 1 N–H and O–H groups in total. The van der Waals surface area contributed by atoms with Gasteiger partial charge in [0.15, 0.2) is 0 Å². The van der Waals surface area contributed by atoms with Gasteiger partial charge in [0.2, 0.25) is 0 Å². The molecule has 4 heteroatoms. The van der Waals surface area contributed by atoms with Crippen LogP contribution in [0.4, 0.5) is 8.78 Å². The van der Waals surface area contributed by atoms with Crippen LogP contribution in [0.5, 0.6) is 0 Å². The lowest BCUT2D eigenvalue weighted by Crippen LogP contribution is -2.44. The predicted molar refractivity (Wildman–Crippen MR) is 68.2 cm³/mol. The van der Waals surface area contributed by atoms with Crippen LogP contribution < -0.4 is 0 Å². The van der Waals surface area contributed by atoms with E-state index in [1.54, 1.807) is 7.05 Å². The van der Waals surface area contributed by atoms with Gasteiger partial charge in [-0.05, 0) is 30.7 Å². The number of halogens is 2. The second-order valence-corrected chi connectivity index (χ2v) is 5.72. The van der Waals surface area contributed by atoms with Crippen LogP contribution in [0.2, 0.25) is 0 Å². The highest BCUT2D eigenvalue weighted by Gasteiger charge is 2.28. The monoisotopic (exact) mass is 257 g/mol. The Kier molecular flexibility index (Phi) is 4.82. The molecule has 1 unspecified atom stereocenters. The van der Waals surface area contributed by atoms with Crippen molar-refractivity contribution in [2.24, 2.45) is 5.41 Å². The molecule has 0 aliphatic rings. The fourth-order valence-electron chi connectivity index (χ4n) is 2.12. The Hall–Kier alpha value is -1.00. The standard InChI is InChI=1S/C14H21F2NO/c1-14(2,3)13(9-18)17(4)8-10-7-11(15)5-6-12(10)16/h5-7,13,18H,8-9H2,1-4H3. The van der Waals surface area contributed by atoms with Crippen LogP contribution in [0.15, 0.2) is 18.2 Å². The molecule has 0 heterocycles. The summed E-state index contributed by atoms with van der Waals surface area (Å²) in [7, 11) is 1.80. The van der Waals surface area contributed by atoms with Crippen molar-refractivity contribution in [3.8, 4) is 0 Å². The highest BCUT2D eigenvalue weighted by molar-refractivity contribution is 5.18. The third-order valence-corrected chi connectivity index (χ3v) is 3.13. The Labute approximate surface area is 107 Å². The Balaban J connectivity index is 2.86. The number of nitrogens with zero attached hydrogens (tertiary/aromatic N) is 1. The zero-order valence-electron chi connectivity index (χ0n) is 11.4. The van der Waals surface area contributed by atoms with Gasteiger partial charge in [0.05, 0.1) is 6.61 Å². The first kappa shape index (κ1) is 15.1. The number of benzene rings is 1. The number of hydrogen-bond acceptors (Lipinski definition) is 2. The van der Waals surface area contributed by atoms with Gasteiger partial charge in [-0.2, -0.15) is 0 Å². The summed E-state index contributed by atoms with van der Waals surface area (Å²) in [4.78, 5) is 1.85. The lowest BCUT2D eigenvalue weighted by atomic mass is 9.86. The number of aliphatic hydroxyl groups excluding tert-OH is 1. The quantitative estimate of drug-likeness (QED) is 0.896. The second-order valence-electron chi connectivity index (χ2n) is 5.72. The molecule has 0 saturated heterocycles. The topological polar surface area (TPSA) is 23.5 Å². The average molecular weight is 257 g/mol. The maximum absolute atomic E-state index is 13.5. The highest BCUT2D eigenvalue weighted by Crippen LogP contribution is 2.25. The van der Waals surface area contributed by atoms with Gasteiger partial charge in [0.1, 0.15) is 11.6 Å². The number of likely N-dealkylation sites (N-methyl/N-ethyl adjacent to an activating group) is 1. The SMILES string of the molecule is CN(Cc1cc(F)ccc1F)C(CO)C(C)(C)C. The number of hydrogen-bond donors (Lipinski definition) is 1. The number of aliphatic hydroxyl groups is 1. The predicted octanol–water partition coefficient (Wildman–Crippen LogP) is 2.80. The van der Waals surface area contributed by atoms with Crippen LogP contribution in [0.1, 0.15) is 26.3 Å². The first-order chi connectivity index (χ1) is 8.25. The van der Waals surface area contributed by atoms with Gasteiger partial charge in [-0.1, -0.05) is 20.8 Å². The Morgan fingerprint density at radius 2 is 1.89 bits per heavy atom. The first-order valence-corrected chi connectivity index (χ1v) is 6.00. The number of rotatable bonds is 4. The van der Waals surface area contributed by atoms with Crippen LogP contribution in [0.25, 0.3) is 0 Å². The van der Waals surface area contributed by atoms with E-state index in [1.807, 2.05) is 25.7 Å². The van der Waals surface area contributed by atoms with Crippen LogP contribution in [-0.4, -0.2) is 29.7 Å². The fraction of sp³-hybridized carbons (Fsp3) is 0.571. The summed E-state index contributed by atoms with van der Waals surface area (Å²) < 4.78 is 26.6. The third-order valence-electron chi connectivity index (χ3n) is 3.13.